The van der Waals surface area contributed by atoms with E-state index in [-0.39, 0.29) is 18.1 Å². The summed E-state index contributed by atoms with van der Waals surface area (Å²) in [6.45, 7) is 0. The van der Waals surface area contributed by atoms with Crippen molar-refractivity contribution in [3.05, 3.63) is 23.8 Å². The van der Waals surface area contributed by atoms with Gasteiger partial charge in [0.2, 0.25) is 0 Å². The van der Waals surface area contributed by atoms with Gasteiger partial charge < -0.3 is 0 Å². The van der Waals surface area contributed by atoms with Crippen molar-refractivity contribution in [2.75, 3.05) is 0 Å². The van der Waals surface area contributed by atoms with Crippen LogP contribution in [0.2, 0.25) is 0 Å². The SMILES string of the molecule is O=C1C=CC2=NC(=O)CC2=C1. The number of hydrogen-bond acceptors (Lipinski definition) is 2. The topological polar surface area (TPSA) is 46.5 Å². The molecular weight excluding hydrogens is 142 g/mol. The number of carbonyl (C=O) groups excluding carboxylic acids is 2. The third-order valence-corrected chi connectivity index (χ3v) is 1.64. The number of aliphatic imine (C=N–C) groups is 1. The normalized spacial score (nSPS) is 21.5. The largest absolute Gasteiger partial charge is 0.290 e. The Kier molecular flexibility index (Phi) is 1.12. The Balaban J connectivity index is 2.47. The molecule has 0 saturated carbocycles. The molecule has 1 aliphatic carbocycles. The molecule has 3 heteroatoms. The highest BCUT2D eigenvalue weighted by molar-refractivity contribution is 6.26. The molecule has 2 rings (SSSR count). The van der Waals surface area contributed by atoms with Crippen molar-refractivity contribution in [3.63, 3.8) is 0 Å². The second kappa shape index (κ2) is 1.99. The number of nitrogens with zero attached hydrogens (tertiary/aromatic N) is 1. The molecule has 1 amide bonds. The van der Waals surface area contributed by atoms with E-state index < -0.39 is 0 Å². The lowest BCUT2D eigenvalue weighted by molar-refractivity contribution is -0.116. The Morgan fingerprint density at radius 3 is 2.91 bits per heavy atom. The highest BCUT2D eigenvalue weighted by Gasteiger charge is 2.21. The summed E-state index contributed by atoms with van der Waals surface area (Å²) < 4.78 is 0. The summed E-state index contributed by atoms with van der Waals surface area (Å²) in [5.41, 5.74) is 1.40. The van der Waals surface area contributed by atoms with Crippen LogP contribution in [0.4, 0.5) is 0 Å². The lowest BCUT2D eigenvalue weighted by Gasteiger charge is -1.99. The fourth-order valence-electron chi connectivity index (χ4n) is 1.15. The Morgan fingerprint density at radius 1 is 1.27 bits per heavy atom. The number of fused-ring (bicyclic) bond motifs is 1. The number of allylic oxidation sites excluding steroid dienone is 3. The first kappa shape index (κ1) is 6.22. The lowest BCUT2D eigenvalue weighted by atomic mass is 10.0. The Bertz CT molecular complexity index is 334. The zero-order valence-electron chi connectivity index (χ0n) is 5.70. The van der Waals surface area contributed by atoms with Crippen LogP contribution in [0.25, 0.3) is 0 Å². The van der Waals surface area contributed by atoms with Crippen LogP contribution < -0.4 is 0 Å². The minimum absolute atomic E-state index is 0.0614. The maximum Gasteiger partial charge on any atom is 0.250 e. The second-order valence-corrected chi connectivity index (χ2v) is 2.47. The van der Waals surface area contributed by atoms with Crippen LogP contribution in [-0.4, -0.2) is 17.4 Å². The predicted molar refractivity (Wildman–Crippen MR) is 39.3 cm³/mol. The summed E-state index contributed by atoms with van der Waals surface area (Å²) in [5, 5.41) is 0. The Hall–Kier alpha value is -1.51. The minimum Gasteiger partial charge on any atom is -0.290 e. The van der Waals surface area contributed by atoms with E-state index in [1.165, 1.54) is 12.2 Å². The average molecular weight is 147 g/mol. The van der Waals surface area contributed by atoms with Crippen molar-refractivity contribution in [3.8, 4) is 0 Å². The molecule has 11 heavy (non-hydrogen) atoms. The van der Waals surface area contributed by atoms with Crippen molar-refractivity contribution in [1.82, 2.24) is 0 Å². The molecule has 0 bridgehead atoms. The third-order valence-electron chi connectivity index (χ3n) is 1.64. The summed E-state index contributed by atoms with van der Waals surface area (Å²) in [4.78, 5) is 25.2. The van der Waals surface area contributed by atoms with E-state index in [0.717, 1.165) is 5.57 Å². The summed E-state index contributed by atoms with van der Waals surface area (Å²) in [6, 6.07) is 0. The molecule has 0 saturated heterocycles. The maximum atomic E-state index is 10.8. The molecule has 0 N–H and O–H groups in total. The van der Waals surface area contributed by atoms with E-state index >= 15 is 0 Å². The highest BCUT2D eigenvalue weighted by Crippen LogP contribution is 2.17. The van der Waals surface area contributed by atoms with Gasteiger partial charge in [-0.05, 0) is 23.8 Å². The van der Waals surface area contributed by atoms with Crippen molar-refractivity contribution < 1.29 is 9.59 Å². The van der Waals surface area contributed by atoms with Gasteiger partial charge in [-0.1, -0.05) is 0 Å². The van der Waals surface area contributed by atoms with Crippen molar-refractivity contribution >= 4 is 17.4 Å². The van der Waals surface area contributed by atoms with Crippen LogP contribution in [0.15, 0.2) is 28.8 Å². The van der Waals surface area contributed by atoms with Crippen LogP contribution in [-0.2, 0) is 9.59 Å². The number of ketones is 1. The van der Waals surface area contributed by atoms with Gasteiger partial charge in [0.1, 0.15) is 0 Å². The van der Waals surface area contributed by atoms with Crippen LogP contribution in [0.5, 0.6) is 0 Å². The molecule has 2 aliphatic rings. The van der Waals surface area contributed by atoms with Crippen LogP contribution >= 0.6 is 0 Å². The van der Waals surface area contributed by atoms with Gasteiger partial charge in [-0.3, -0.25) is 9.59 Å². The molecule has 0 radical (unpaired) electrons. The molecule has 3 nitrogen and oxygen atoms in total. The number of rotatable bonds is 0. The van der Waals surface area contributed by atoms with E-state index in [1.54, 1.807) is 6.08 Å². The van der Waals surface area contributed by atoms with Crippen molar-refractivity contribution in [2.45, 2.75) is 6.42 Å². The molecule has 54 valence electrons. The van der Waals surface area contributed by atoms with E-state index in [4.69, 9.17) is 0 Å². The summed E-state index contributed by atoms with van der Waals surface area (Å²) >= 11 is 0. The standard InChI is InChI=1S/C8H5NO2/c10-6-1-2-7-5(3-6)4-8(11)9-7/h1-3H,4H2. The monoisotopic (exact) mass is 147 g/mol. The Morgan fingerprint density at radius 2 is 2.09 bits per heavy atom. The summed E-state index contributed by atoms with van der Waals surface area (Å²) in [6.07, 6.45) is 4.75. The van der Waals surface area contributed by atoms with E-state index in [9.17, 15) is 9.59 Å². The van der Waals surface area contributed by atoms with Crippen molar-refractivity contribution in [2.24, 2.45) is 4.99 Å². The molecule has 0 aromatic heterocycles. The fraction of sp³-hybridized carbons (Fsp3) is 0.125. The van der Waals surface area contributed by atoms with E-state index in [1.807, 2.05) is 0 Å². The van der Waals surface area contributed by atoms with Gasteiger partial charge in [-0.15, -0.1) is 0 Å². The first-order chi connectivity index (χ1) is 5.25. The molecule has 0 unspecified atom stereocenters. The predicted octanol–water partition coefficient (Wildman–Crippen LogP) is 0.423. The average Bonchev–Trinajstić information content (AvgIpc) is 2.27. The van der Waals surface area contributed by atoms with Gasteiger partial charge in [0.25, 0.3) is 5.91 Å². The van der Waals surface area contributed by atoms with E-state index in [0.29, 0.717) is 5.71 Å². The second-order valence-electron chi connectivity index (χ2n) is 2.47. The zero-order valence-corrected chi connectivity index (χ0v) is 5.70. The Labute approximate surface area is 63.1 Å². The van der Waals surface area contributed by atoms with Gasteiger partial charge in [0, 0.05) is 0 Å². The van der Waals surface area contributed by atoms with Gasteiger partial charge in [0.05, 0.1) is 12.1 Å². The highest BCUT2D eigenvalue weighted by atomic mass is 16.1. The number of carbonyl (C=O) groups is 2. The van der Waals surface area contributed by atoms with Gasteiger partial charge >= 0.3 is 0 Å². The summed E-state index contributed by atoms with van der Waals surface area (Å²) in [7, 11) is 0. The first-order valence-corrected chi connectivity index (χ1v) is 3.30. The molecule has 0 fully saturated rings. The molecule has 1 heterocycles. The minimum atomic E-state index is -0.161. The maximum absolute atomic E-state index is 10.8. The van der Waals surface area contributed by atoms with Crippen LogP contribution in [0, 0.1) is 0 Å². The number of amides is 1. The quantitative estimate of drug-likeness (QED) is 0.466. The zero-order chi connectivity index (χ0) is 7.84. The smallest absolute Gasteiger partial charge is 0.250 e. The molecule has 1 aliphatic heterocycles. The molecule has 0 aromatic rings. The third kappa shape index (κ3) is 0.941. The number of hydrogen-bond donors (Lipinski definition) is 0. The van der Waals surface area contributed by atoms with Gasteiger partial charge in [-0.25, -0.2) is 4.99 Å². The lowest BCUT2D eigenvalue weighted by Crippen LogP contribution is -2.03. The van der Waals surface area contributed by atoms with Gasteiger partial charge in [-0.2, -0.15) is 0 Å². The first-order valence-electron chi connectivity index (χ1n) is 3.30. The van der Waals surface area contributed by atoms with Crippen LogP contribution in [0.3, 0.4) is 0 Å². The molecule has 0 spiro atoms. The van der Waals surface area contributed by atoms with Gasteiger partial charge in [0.15, 0.2) is 5.78 Å². The van der Waals surface area contributed by atoms with E-state index in [2.05, 4.69) is 4.99 Å². The summed E-state index contributed by atoms with van der Waals surface area (Å²) in [5.74, 6) is -0.223. The van der Waals surface area contributed by atoms with Crippen molar-refractivity contribution in [1.29, 1.82) is 0 Å². The molecule has 0 aromatic carbocycles. The molecular formula is C8H5NO2. The van der Waals surface area contributed by atoms with Crippen LogP contribution in [0.1, 0.15) is 6.42 Å². The fourth-order valence-corrected chi connectivity index (χ4v) is 1.15. The molecule has 0 atom stereocenters.